The minimum absolute atomic E-state index is 0.0597. The summed E-state index contributed by atoms with van der Waals surface area (Å²) in [6.45, 7) is 2.83. The monoisotopic (exact) mass is 513 g/mol. The molecule has 2 aromatic carbocycles. The largest absolute Gasteiger partial charge is 0.486 e. The van der Waals surface area contributed by atoms with Crippen molar-refractivity contribution in [2.24, 2.45) is 5.92 Å². The van der Waals surface area contributed by atoms with Crippen LogP contribution in [0.2, 0.25) is 0 Å². The highest BCUT2D eigenvalue weighted by Gasteiger charge is 2.21. The first-order valence-corrected chi connectivity index (χ1v) is 10.8. The number of aliphatic carboxylic acids is 1. The first-order chi connectivity index (χ1) is 13.3. The topological polar surface area (TPSA) is 58.6 Å². The lowest BCUT2D eigenvalue weighted by Crippen LogP contribution is -2.08. The van der Waals surface area contributed by atoms with Gasteiger partial charge in [0.25, 0.3) is 0 Å². The van der Waals surface area contributed by atoms with Crippen LogP contribution in [0.25, 0.3) is 0 Å². The number of anilines is 1. The van der Waals surface area contributed by atoms with Gasteiger partial charge in [0.05, 0.1) is 14.6 Å². The molecular formula is C21H22Br2FNO3. The number of carbonyl (C=O) groups is 1. The molecule has 0 atom stereocenters. The van der Waals surface area contributed by atoms with Crippen molar-refractivity contribution in [3.8, 4) is 5.75 Å². The van der Waals surface area contributed by atoms with Crippen molar-refractivity contribution < 1.29 is 19.0 Å². The second-order valence-corrected chi connectivity index (χ2v) is 8.89. The number of carboxylic acid groups (broad SMARTS) is 1. The molecule has 0 heterocycles. The normalized spacial score (nSPS) is 13.4. The second-order valence-electron chi connectivity index (χ2n) is 7.18. The van der Waals surface area contributed by atoms with Gasteiger partial charge in [0, 0.05) is 18.5 Å². The molecule has 0 spiro atoms. The number of carboxylic acids is 1. The molecule has 0 amide bonds. The fraction of sp³-hybridized carbons (Fsp3) is 0.381. The summed E-state index contributed by atoms with van der Waals surface area (Å²) >= 11 is 6.93. The van der Waals surface area contributed by atoms with Gasteiger partial charge in [0.2, 0.25) is 0 Å². The van der Waals surface area contributed by atoms with Crippen LogP contribution in [-0.2, 0) is 17.8 Å². The number of nitrogens with one attached hydrogen (secondary N) is 1. The van der Waals surface area contributed by atoms with Crippen LogP contribution in [0.15, 0.2) is 33.2 Å². The molecule has 1 aliphatic carbocycles. The van der Waals surface area contributed by atoms with E-state index in [1.807, 2.05) is 25.1 Å². The first-order valence-electron chi connectivity index (χ1n) is 9.19. The number of aryl methyl sites for hydroxylation is 2. The quantitative estimate of drug-likeness (QED) is 0.426. The molecule has 2 aromatic rings. The lowest BCUT2D eigenvalue weighted by molar-refractivity contribution is -0.136. The van der Waals surface area contributed by atoms with Crippen LogP contribution in [0.4, 0.5) is 10.1 Å². The van der Waals surface area contributed by atoms with Gasteiger partial charge in [0.1, 0.15) is 12.4 Å². The number of benzene rings is 2. The minimum Gasteiger partial charge on any atom is -0.486 e. The molecule has 150 valence electrons. The molecule has 1 fully saturated rings. The summed E-state index contributed by atoms with van der Waals surface area (Å²) in [5.41, 5.74) is 2.86. The van der Waals surface area contributed by atoms with Crippen molar-refractivity contribution in [1.82, 2.24) is 0 Å². The van der Waals surface area contributed by atoms with Crippen LogP contribution >= 0.6 is 31.9 Å². The van der Waals surface area contributed by atoms with E-state index in [-0.39, 0.29) is 18.8 Å². The number of hydrogen-bond donors (Lipinski definition) is 2. The van der Waals surface area contributed by atoms with Gasteiger partial charge in [-0.25, -0.2) is 4.39 Å². The predicted octanol–water partition coefficient (Wildman–Crippen LogP) is 6.08. The fourth-order valence-electron chi connectivity index (χ4n) is 2.95. The Morgan fingerprint density at radius 2 is 1.93 bits per heavy atom. The Kier molecular flexibility index (Phi) is 6.99. The third-order valence-corrected chi connectivity index (χ3v) is 5.81. The van der Waals surface area contributed by atoms with E-state index in [0.29, 0.717) is 38.3 Å². The van der Waals surface area contributed by atoms with E-state index in [0.717, 1.165) is 17.7 Å². The summed E-state index contributed by atoms with van der Waals surface area (Å²) in [6, 6.07) is 7.28. The third kappa shape index (κ3) is 5.70. The van der Waals surface area contributed by atoms with E-state index in [2.05, 4.69) is 37.2 Å². The van der Waals surface area contributed by atoms with E-state index in [1.54, 1.807) is 6.07 Å². The molecule has 1 aliphatic rings. The summed E-state index contributed by atoms with van der Waals surface area (Å²) in [4.78, 5) is 10.8. The Bertz CT molecular complexity index is 861. The highest BCUT2D eigenvalue weighted by molar-refractivity contribution is 9.11. The smallest absolute Gasteiger partial charge is 0.303 e. The van der Waals surface area contributed by atoms with E-state index in [4.69, 9.17) is 9.84 Å². The van der Waals surface area contributed by atoms with E-state index < -0.39 is 5.97 Å². The number of hydrogen-bond acceptors (Lipinski definition) is 3. The lowest BCUT2D eigenvalue weighted by atomic mass is 10.1. The van der Waals surface area contributed by atoms with Gasteiger partial charge in [-0.3, -0.25) is 4.79 Å². The van der Waals surface area contributed by atoms with Crippen LogP contribution in [0.1, 0.15) is 36.0 Å². The zero-order chi connectivity index (χ0) is 20.3. The predicted molar refractivity (Wildman–Crippen MR) is 114 cm³/mol. The van der Waals surface area contributed by atoms with E-state index >= 15 is 0 Å². The van der Waals surface area contributed by atoms with Crippen LogP contribution in [0, 0.1) is 18.7 Å². The molecule has 0 radical (unpaired) electrons. The Hall–Kier alpha value is -1.60. The first kappa shape index (κ1) is 21.1. The second kappa shape index (κ2) is 9.27. The maximum Gasteiger partial charge on any atom is 0.303 e. The Labute approximate surface area is 180 Å². The third-order valence-electron chi connectivity index (χ3n) is 4.63. The van der Waals surface area contributed by atoms with E-state index in [1.165, 1.54) is 12.8 Å². The highest BCUT2D eigenvalue weighted by Crippen LogP contribution is 2.36. The highest BCUT2D eigenvalue weighted by atomic mass is 79.9. The molecule has 2 N–H and O–H groups in total. The minimum atomic E-state index is -0.839. The maximum absolute atomic E-state index is 14.8. The van der Waals surface area contributed by atoms with Crippen LogP contribution in [0.5, 0.6) is 5.75 Å². The van der Waals surface area contributed by atoms with Gasteiger partial charge >= 0.3 is 5.97 Å². The zero-order valence-electron chi connectivity index (χ0n) is 15.5. The van der Waals surface area contributed by atoms with Gasteiger partial charge in [-0.05, 0) is 99.4 Å². The molecule has 0 aliphatic heterocycles. The number of halogens is 3. The fourth-order valence-corrected chi connectivity index (χ4v) is 4.46. The van der Waals surface area contributed by atoms with Crippen LogP contribution in [0.3, 0.4) is 0 Å². The molecule has 3 rings (SSSR count). The summed E-state index contributed by atoms with van der Waals surface area (Å²) in [6.07, 6.45) is 2.90. The van der Waals surface area contributed by atoms with Crippen molar-refractivity contribution >= 4 is 43.5 Å². The standard InChI is InChI=1S/C21H22Br2FNO3/c1-12-6-15(20(24)18(7-12)25-10-13-2-3-13)11-28-21-16(22)8-14(9-17(21)23)4-5-19(26)27/h6-9,13,25H,2-5,10-11H2,1H3,(H,26,27). The van der Waals surface area contributed by atoms with E-state index in [9.17, 15) is 9.18 Å². The molecule has 4 nitrogen and oxygen atoms in total. The van der Waals surface area contributed by atoms with Gasteiger partial charge in [0.15, 0.2) is 5.82 Å². The van der Waals surface area contributed by atoms with Crippen molar-refractivity contribution in [2.75, 3.05) is 11.9 Å². The molecular weight excluding hydrogens is 493 g/mol. The van der Waals surface area contributed by atoms with Crippen LogP contribution in [-0.4, -0.2) is 17.6 Å². The molecule has 0 unspecified atom stereocenters. The molecule has 0 bridgehead atoms. The van der Waals surface area contributed by atoms with Gasteiger partial charge in [-0.15, -0.1) is 0 Å². The SMILES string of the molecule is Cc1cc(COc2c(Br)cc(CCC(=O)O)cc2Br)c(F)c(NCC2CC2)c1. The Morgan fingerprint density at radius 1 is 1.25 bits per heavy atom. The molecule has 1 saturated carbocycles. The molecule has 28 heavy (non-hydrogen) atoms. The Morgan fingerprint density at radius 3 is 2.54 bits per heavy atom. The summed E-state index contributed by atoms with van der Waals surface area (Å²) in [7, 11) is 0. The molecule has 0 aromatic heterocycles. The van der Waals surface area contributed by atoms with Gasteiger partial charge in [-0.2, -0.15) is 0 Å². The summed E-state index contributed by atoms with van der Waals surface area (Å²) in [5.74, 6) is 0.101. The summed E-state index contributed by atoms with van der Waals surface area (Å²) in [5, 5.41) is 12.0. The van der Waals surface area contributed by atoms with Crippen molar-refractivity contribution in [1.29, 1.82) is 0 Å². The van der Waals surface area contributed by atoms with Crippen molar-refractivity contribution in [3.05, 3.63) is 55.7 Å². The molecule has 7 heteroatoms. The Balaban J connectivity index is 1.71. The number of rotatable bonds is 9. The van der Waals surface area contributed by atoms with Crippen molar-refractivity contribution in [2.45, 2.75) is 39.2 Å². The number of ether oxygens (including phenoxy) is 1. The average molecular weight is 515 g/mol. The van der Waals surface area contributed by atoms with Crippen molar-refractivity contribution in [3.63, 3.8) is 0 Å². The average Bonchev–Trinajstić information content (AvgIpc) is 3.44. The van der Waals surface area contributed by atoms with Gasteiger partial charge in [-0.1, -0.05) is 0 Å². The molecule has 0 saturated heterocycles. The lowest BCUT2D eigenvalue weighted by Gasteiger charge is -2.15. The zero-order valence-corrected chi connectivity index (χ0v) is 18.7. The summed E-state index contributed by atoms with van der Waals surface area (Å²) < 4.78 is 22.1. The van der Waals surface area contributed by atoms with Crippen LogP contribution < -0.4 is 10.1 Å². The van der Waals surface area contributed by atoms with Gasteiger partial charge < -0.3 is 15.2 Å². The maximum atomic E-state index is 14.8.